The number of amides is 4. The van der Waals surface area contributed by atoms with Gasteiger partial charge in [0.05, 0.1) is 0 Å². The number of fused-ring (bicyclic) bond motifs is 1. The smallest absolute Gasteiger partial charge is 0.317 e. The number of imide groups is 2. The van der Waals surface area contributed by atoms with Crippen LogP contribution >= 0.6 is 0 Å². The molecule has 1 fully saturated rings. The van der Waals surface area contributed by atoms with E-state index in [0.717, 1.165) is 26.3 Å². The number of rotatable bonds is 2. The molecular formula is C21H17N3O3. The molecule has 0 aliphatic carbocycles. The van der Waals surface area contributed by atoms with E-state index in [4.69, 9.17) is 0 Å². The van der Waals surface area contributed by atoms with E-state index in [9.17, 15) is 14.4 Å². The molecule has 0 unspecified atom stereocenters. The predicted molar refractivity (Wildman–Crippen MR) is 102 cm³/mol. The molecule has 2 aromatic carbocycles. The highest BCUT2D eigenvalue weighted by Gasteiger charge is 2.37. The van der Waals surface area contributed by atoms with Crippen molar-refractivity contribution in [3.63, 3.8) is 0 Å². The first-order valence-electron chi connectivity index (χ1n) is 8.45. The van der Waals surface area contributed by atoms with Crippen molar-refractivity contribution < 1.29 is 14.4 Å². The highest BCUT2D eigenvalue weighted by molar-refractivity contribution is 6.30. The summed E-state index contributed by atoms with van der Waals surface area (Å²) in [6.07, 6.45) is 3.39. The lowest BCUT2D eigenvalue weighted by molar-refractivity contribution is -0.134. The van der Waals surface area contributed by atoms with Crippen LogP contribution < -0.4 is 0 Å². The van der Waals surface area contributed by atoms with Crippen LogP contribution in [0.3, 0.4) is 0 Å². The summed E-state index contributed by atoms with van der Waals surface area (Å²) < 4.78 is 1.90. The number of hydrogen-bond acceptors (Lipinski definition) is 3. The van der Waals surface area contributed by atoms with Crippen molar-refractivity contribution in [1.82, 2.24) is 14.4 Å². The number of benzene rings is 2. The van der Waals surface area contributed by atoms with Crippen molar-refractivity contribution in [2.45, 2.75) is 0 Å². The molecule has 0 N–H and O–H groups in total. The van der Waals surface area contributed by atoms with Crippen LogP contribution in [0.1, 0.15) is 5.69 Å². The second-order valence-electron chi connectivity index (χ2n) is 6.40. The topological polar surface area (TPSA) is 62.6 Å². The van der Waals surface area contributed by atoms with Gasteiger partial charge in [-0.3, -0.25) is 19.4 Å². The van der Waals surface area contributed by atoms with Gasteiger partial charge in [-0.05, 0) is 41.1 Å². The molecule has 1 saturated heterocycles. The van der Waals surface area contributed by atoms with Gasteiger partial charge < -0.3 is 4.57 Å². The summed E-state index contributed by atoms with van der Waals surface area (Å²) in [6, 6.07) is 17.1. The molecule has 134 valence electrons. The number of urea groups is 1. The van der Waals surface area contributed by atoms with Crippen molar-refractivity contribution in [3.05, 3.63) is 72.1 Å². The van der Waals surface area contributed by atoms with Gasteiger partial charge in [0.1, 0.15) is 5.57 Å². The van der Waals surface area contributed by atoms with Crippen molar-refractivity contribution >= 4 is 34.7 Å². The minimum atomic E-state index is -0.632. The minimum Gasteiger partial charge on any atom is -0.317 e. The van der Waals surface area contributed by atoms with Crippen molar-refractivity contribution in [1.29, 1.82) is 0 Å². The average molecular weight is 359 g/mol. The zero-order valence-corrected chi connectivity index (χ0v) is 14.9. The van der Waals surface area contributed by atoms with Gasteiger partial charge in [0, 0.05) is 31.7 Å². The molecule has 1 aliphatic heterocycles. The monoisotopic (exact) mass is 359 g/mol. The number of hydrogen-bond donors (Lipinski definition) is 0. The number of likely N-dealkylation sites (N-methyl/N-ethyl adjacent to an activating group) is 2. The molecule has 1 aromatic heterocycles. The van der Waals surface area contributed by atoms with E-state index in [2.05, 4.69) is 0 Å². The molecule has 27 heavy (non-hydrogen) atoms. The summed E-state index contributed by atoms with van der Waals surface area (Å²) in [5.74, 6) is -1.20. The van der Waals surface area contributed by atoms with E-state index in [-0.39, 0.29) is 5.57 Å². The number of nitrogens with zero attached hydrogens (tertiary/aromatic N) is 3. The van der Waals surface area contributed by atoms with E-state index >= 15 is 0 Å². The largest absolute Gasteiger partial charge is 0.333 e. The molecule has 0 saturated carbocycles. The molecule has 3 aromatic rings. The van der Waals surface area contributed by atoms with Gasteiger partial charge in [-0.15, -0.1) is 0 Å². The second kappa shape index (κ2) is 6.25. The first-order valence-corrected chi connectivity index (χ1v) is 8.45. The van der Waals surface area contributed by atoms with Crippen LogP contribution in [-0.2, 0) is 9.59 Å². The van der Waals surface area contributed by atoms with Crippen molar-refractivity contribution in [2.24, 2.45) is 0 Å². The SMILES string of the molecule is CN1C(=O)C(=Cc2cccn2-c2ccc3ccccc3c2)C(=O)N(C)C1=O. The highest BCUT2D eigenvalue weighted by Crippen LogP contribution is 2.23. The Kier molecular flexibility index (Phi) is 3.88. The lowest BCUT2D eigenvalue weighted by Gasteiger charge is -2.28. The van der Waals surface area contributed by atoms with Gasteiger partial charge in [0.15, 0.2) is 0 Å². The maximum absolute atomic E-state index is 12.4. The molecule has 0 bridgehead atoms. The fraction of sp³-hybridized carbons (Fsp3) is 0.0952. The summed E-state index contributed by atoms with van der Waals surface area (Å²) in [4.78, 5) is 38.6. The highest BCUT2D eigenvalue weighted by atomic mass is 16.2. The molecule has 6 heteroatoms. The van der Waals surface area contributed by atoms with Crippen LogP contribution in [-0.4, -0.2) is 46.3 Å². The third-order valence-corrected chi connectivity index (χ3v) is 4.73. The lowest BCUT2D eigenvalue weighted by Crippen LogP contribution is -2.52. The molecule has 2 heterocycles. The van der Waals surface area contributed by atoms with Crippen LogP contribution in [0.4, 0.5) is 4.79 Å². The first kappa shape index (κ1) is 16.8. The lowest BCUT2D eigenvalue weighted by atomic mass is 10.1. The Balaban J connectivity index is 1.79. The number of barbiturate groups is 1. The fourth-order valence-electron chi connectivity index (χ4n) is 3.20. The molecule has 6 nitrogen and oxygen atoms in total. The van der Waals surface area contributed by atoms with E-state index in [1.807, 2.05) is 65.4 Å². The van der Waals surface area contributed by atoms with Crippen LogP contribution in [0, 0.1) is 0 Å². The minimum absolute atomic E-state index is 0.0414. The Morgan fingerprint density at radius 2 is 1.44 bits per heavy atom. The molecule has 0 atom stereocenters. The maximum Gasteiger partial charge on any atom is 0.333 e. The van der Waals surface area contributed by atoms with E-state index < -0.39 is 17.8 Å². The quantitative estimate of drug-likeness (QED) is 0.522. The normalized spacial score (nSPS) is 15.0. The number of carbonyl (C=O) groups is 3. The zero-order valence-electron chi connectivity index (χ0n) is 14.9. The Labute approximate surface area is 155 Å². The maximum atomic E-state index is 12.4. The van der Waals surface area contributed by atoms with Crippen LogP contribution in [0.15, 0.2) is 66.4 Å². The Morgan fingerprint density at radius 3 is 2.15 bits per heavy atom. The Bertz CT molecular complexity index is 1100. The molecule has 4 amide bonds. The fourth-order valence-corrected chi connectivity index (χ4v) is 3.20. The molecule has 0 radical (unpaired) electrons. The Hall–Kier alpha value is -3.67. The van der Waals surface area contributed by atoms with Gasteiger partial charge in [0.25, 0.3) is 11.8 Å². The van der Waals surface area contributed by atoms with Gasteiger partial charge in [-0.25, -0.2) is 4.79 Å². The van der Waals surface area contributed by atoms with Crippen LogP contribution in [0.5, 0.6) is 0 Å². The van der Waals surface area contributed by atoms with Gasteiger partial charge in [-0.1, -0.05) is 30.3 Å². The molecule has 1 aliphatic rings. The Morgan fingerprint density at radius 1 is 0.778 bits per heavy atom. The average Bonchev–Trinajstić information content (AvgIpc) is 3.16. The predicted octanol–water partition coefficient (Wildman–Crippen LogP) is 3.06. The molecule has 4 rings (SSSR count). The van der Waals surface area contributed by atoms with E-state index in [1.54, 1.807) is 0 Å². The third-order valence-electron chi connectivity index (χ3n) is 4.73. The van der Waals surface area contributed by atoms with E-state index in [0.29, 0.717) is 5.69 Å². The summed E-state index contributed by atoms with van der Waals surface area (Å²) in [6.45, 7) is 0. The van der Waals surface area contributed by atoms with Gasteiger partial charge in [-0.2, -0.15) is 0 Å². The summed E-state index contributed by atoms with van der Waals surface area (Å²) in [5, 5.41) is 2.23. The zero-order chi connectivity index (χ0) is 19.1. The first-order chi connectivity index (χ1) is 13.0. The number of aromatic nitrogens is 1. The summed E-state index contributed by atoms with van der Waals surface area (Å²) in [5.41, 5.74) is 1.55. The summed E-state index contributed by atoms with van der Waals surface area (Å²) >= 11 is 0. The number of carbonyl (C=O) groups excluding carboxylic acids is 3. The molecular weight excluding hydrogens is 342 g/mol. The van der Waals surface area contributed by atoms with E-state index in [1.165, 1.54) is 20.2 Å². The summed E-state index contributed by atoms with van der Waals surface area (Å²) in [7, 11) is 2.73. The van der Waals surface area contributed by atoms with Gasteiger partial charge >= 0.3 is 6.03 Å². The van der Waals surface area contributed by atoms with Crippen LogP contribution in [0.2, 0.25) is 0 Å². The second-order valence-corrected chi connectivity index (χ2v) is 6.40. The standard InChI is InChI=1S/C21H17N3O3/c1-22-19(25)18(20(26)23(2)21(22)27)13-16-8-5-11-24(16)17-10-9-14-6-3-4-7-15(14)12-17/h3-13H,1-2H3. The van der Waals surface area contributed by atoms with Gasteiger partial charge in [0.2, 0.25) is 0 Å². The molecule has 0 spiro atoms. The third kappa shape index (κ3) is 2.71. The van der Waals surface area contributed by atoms with Crippen molar-refractivity contribution in [2.75, 3.05) is 14.1 Å². The van der Waals surface area contributed by atoms with Crippen molar-refractivity contribution in [3.8, 4) is 5.69 Å². The van der Waals surface area contributed by atoms with Crippen LogP contribution in [0.25, 0.3) is 22.5 Å².